The van der Waals surface area contributed by atoms with Crippen molar-refractivity contribution in [1.29, 1.82) is 0 Å². The lowest BCUT2D eigenvalue weighted by Gasteiger charge is -2.10. The molecule has 0 bridgehead atoms. The first kappa shape index (κ1) is 16.2. The van der Waals surface area contributed by atoms with E-state index in [-0.39, 0.29) is 16.1 Å². The van der Waals surface area contributed by atoms with Crippen LogP contribution < -0.4 is 5.32 Å². The molecule has 6 nitrogen and oxygen atoms in total. The summed E-state index contributed by atoms with van der Waals surface area (Å²) in [7, 11) is 0. The molecule has 0 saturated carbocycles. The molecule has 0 amide bonds. The highest BCUT2D eigenvalue weighted by Gasteiger charge is 2.12. The van der Waals surface area contributed by atoms with Gasteiger partial charge in [0, 0.05) is 10.6 Å². The minimum absolute atomic E-state index is 0.0592. The Hall–Kier alpha value is -1.16. The standard InChI is InChI=1S/C11H8Cl2FN3O3S/c1-5-4-6(2-3-7(5)21-20-19-18)15-10-8(12)9(14)16-11(13)17-10/h2-4,18H,1H3,(H,15,16,17). The van der Waals surface area contributed by atoms with Gasteiger partial charge in [0.05, 0.1) is 12.0 Å². The van der Waals surface area contributed by atoms with Gasteiger partial charge in [-0.2, -0.15) is 14.4 Å². The van der Waals surface area contributed by atoms with E-state index in [1.807, 2.05) is 6.92 Å². The summed E-state index contributed by atoms with van der Waals surface area (Å²) in [6.45, 7) is 1.81. The van der Waals surface area contributed by atoms with Crippen molar-refractivity contribution in [3.8, 4) is 0 Å². The number of hydrogen-bond acceptors (Lipinski definition) is 7. The highest BCUT2D eigenvalue weighted by Crippen LogP contribution is 2.30. The van der Waals surface area contributed by atoms with Crippen LogP contribution in [0, 0.1) is 12.9 Å². The number of aromatic nitrogens is 2. The van der Waals surface area contributed by atoms with Gasteiger partial charge in [-0.3, -0.25) is 0 Å². The van der Waals surface area contributed by atoms with Crippen molar-refractivity contribution in [2.24, 2.45) is 0 Å². The van der Waals surface area contributed by atoms with E-state index in [4.69, 9.17) is 28.5 Å². The Morgan fingerprint density at radius 3 is 2.76 bits per heavy atom. The lowest BCUT2D eigenvalue weighted by atomic mass is 10.2. The molecule has 0 fully saturated rings. The average molecular weight is 352 g/mol. The molecule has 10 heteroatoms. The zero-order valence-corrected chi connectivity index (χ0v) is 12.8. The summed E-state index contributed by atoms with van der Waals surface area (Å²) in [5, 5.41) is 14.0. The summed E-state index contributed by atoms with van der Waals surface area (Å²) < 4.78 is 17.7. The molecule has 2 aromatic rings. The number of nitrogens with zero attached hydrogens (tertiary/aromatic N) is 2. The smallest absolute Gasteiger partial charge is 0.238 e. The molecule has 0 atom stereocenters. The third-order valence-electron chi connectivity index (χ3n) is 2.38. The van der Waals surface area contributed by atoms with Gasteiger partial charge < -0.3 is 5.32 Å². The summed E-state index contributed by atoms with van der Waals surface area (Å²) in [5.74, 6) is -0.847. The lowest BCUT2D eigenvalue weighted by Crippen LogP contribution is -2.00. The molecule has 2 N–H and O–H groups in total. The van der Waals surface area contributed by atoms with Gasteiger partial charge in [0.1, 0.15) is 5.02 Å². The zero-order valence-electron chi connectivity index (χ0n) is 10.4. The van der Waals surface area contributed by atoms with Crippen LogP contribution >= 0.6 is 35.2 Å². The second kappa shape index (κ2) is 7.21. The van der Waals surface area contributed by atoms with Gasteiger partial charge in [0.2, 0.25) is 11.2 Å². The molecule has 0 unspecified atom stereocenters. The predicted molar refractivity (Wildman–Crippen MR) is 77.1 cm³/mol. The van der Waals surface area contributed by atoms with Gasteiger partial charge in [0.25, 0.3) is 0 Å². The van der Waals surface area contributed by atoms with Gasteiger partial charge >= 0.3 is 0 Å². The Morgan fingerprint density at radius 2 is 2.10 bits per heavy atom. The number of halogens is 3. The largest absolute Gasteiger partial charge is 0.339 e. The van der Waals surface area contributed by atoms with Crippen LogP contribution in [0.25, 0.3) is 0 Å². The molecular weight excluding hydrogens is 344 g/mol. The third-order valence-corrected chi connectivity index (χ3v) is 3.65. The van der Waals surface area contributed by atoms with Crippen molar-refractivity contribution in [3.05, 3.63) is 40.0 Å². The Bertz CT molecular complexity index is 663. The van der Waals surface area contributed by atoms with Crippen molar-refractivity contribution >= 4 is 46.7 Å². The van der Waals surface area contributed by atoms with Crippen LogP contribution in [0.5, 0.6) is 0 Å². The molecule has 1 heterocycles. The Labute approximate surface area is 133 Å². The van der Waals surface area contributed by atoms with Crippen molar-refractivity contribution in [2.75, 3.05) is 5.32 Å². The quantitative estimate of drug-likeness (QED) is 0.271. The van der Waals surface area contributed by atoms with Gasteiger partial charge in [0.15, 0.2) is 5.82 Å². The highest BCUT2D eigenvalue weighted by molar-refractivity contribution is 7.94. The molecule has 2 rings (SSSR count). The molecule has 112 valence electrons. The van der Waals surface area contributed by atoms with E-state index < -0.39 is 5.95 Å². The van der Waals surface area contributed by atoms with Crippen LogP contribution in [0.4, 0.5) is 15.9 Å². The molecule has 0 radical (unpaired) electrons. The first-order valence-electron chi connectivity index (χ1n) is 5.42. The van der Waals surface area contributed by atoms with Crippen molar-refractivity contribution in [1.82, 2.24) is 9.97 Å². The maximum Gasteiger partial charge on any atom is 0.238 e. The number of anilines is 2. The molecule has 0 aliphatic carbocycles. The minimum Gasteiger partial charge on any atom is -0.339 e. The molecule has 1 aromatic carbocycles. The van der Waals surface area contributed by atoms with E-state index in [1.165, 1.54) is 0 Å². The number of aryl methyl sites for hydroxylation is 1. The van der Waals surface area contributed by atoms with Crippen LogP contribution in [0.2, 0.25) is 10.3 Å². The molecule has 0 aliphatic heterocycles. The van der Waals surface area contributed by atoms with Gasteiger partial charge in [-0.15, -0.1) is 4.33 Å². The third kappa shape index (κ3) is 4.16. The summed E-state index contributed by atoms with van der Waals surface area (Å²) in [6, 6.07) is 5.13. The SMILES string of the molecule is Cc1cc(Nc2nc(Cl)nc(F)c2Cl)ccc1SOOO. The lowest BCUT2D eigenvalue weighted by molar-refractivity contribution is -0.432. The normalized spacial score (nSPS) is 10.7. The van der Waals surface area contributed by atoms with Crippen LogP contribution in [0.1, 0.15) is 5.56 Å². The monoisotopic (exact) mass is 351 g/mol. The molecule has 0 spiro atoms. The second-order valence-corrected chi connectivity index (χ2v) is 5.24. The van der Waals surface area contributed by atoms with Crippen molar-refractivity contribution in [3.63, 3.8) is 0 Å². The fraction of sp³-hybridized carbons (Fsp3) is 0.0909. The second-order valence-electron chi connectivity index (χ2n) is 3.78. The van der Waals surface area contributed by atoms with Crippen LogP contribution in [-0.2, 0) is 9.37 Å². The Balaban J connectivity index is 2.22. The Kier molecular flexibility index (Phi) is 5.57. The van der Waals surface area contributed by atoms with Crippen LogP contribution in [-0.4, -0.2) is 15.2 Å². The van der Waals surface area contributed by atoms with Crippen molar-refractivity contribution in [2.45, 2.75) is 11.8 Å². The average Bonchev–Trinajstić information content (AvgIpc) is 2.43. The molecule has 1 aromatic heterocycles. The van der Waals surface area contributed by atoms with Crippen LogP contribution in [0.3, 0.4) is 0 Å². The molecule has 0 saturated heterocycles. The van der Waals surface area contributed by atoms with Gasteiger partial charge in [-0.25, -0.2) is 5.26 Å². The number of rotatable bonds is 5. The maximum atomic E-state index is 13.4. The fourth-order valence-corrected chi connectivity index (χ4v) is 2.19. The number of hydrogen-bond donors (Lipinski definition) is 2. The van der Waals surface area contributed by atoms with E-state index in [9.17, 15) is 4.39 Å². The molecule has 21 heavy (non-hydrogen) atoms. The summed E-state index contributed by atoms with van der Waals surface area (Å²) in [5.41, 5.74) is 1.43. The highest BCUT2D eigenvalue weighted by atomic mass is 35.5. The van der Waals surface area contributed by atoms with E-state index in [0.717, 1.165) is 17.6 Å². The maximum absolute atomic E-state index is 13.4. The Morgan fingerprint density at radius 1 is 1.33 bits per heavy atom. The summed E-state index contributed by atoms with van der Waals surface area (Å²) in [4.78, 5) is 7.83. The summed E-state index contributed by atoms with van der Waals surface area (Å²) >= 11 is 12.2. The number of nitrogens with one attached hydrogen (secondary N) is 1. The molecule has 0 aliphatic rings. The predicted octanol–water partition coefficient (Wildman–Crippen LogP) is 4.40. The topological polar surface area (TPSA) is 76.5 Å². The first-order valence-corrected chi connectivity index (χ1v) is 6.92. The minimum atomic E-state index is -0.906. The van der Waals surface area contributed by atoms with E-state index in [1.54, 1.807) is 18.2 Å². The van der Waals surface area contributed by atoms with Gasteiger partial charge in [-0.05, 0) is 42.3 Å². The first-order chi connectivity index (χ1) is 10.0. The van der Waals surface area contributed by atoms with E-state index in [2.05, 4.69) is 24.7 Å². The van der Waals surface area contributed by atoms with E-state index >= 15 is 0 Å². The van der Waals surface area contributed by atoms with Crippen LogP contribution in [0.15, 0.2) is 23.1 Å². The van der Waals surface area contributed by atoms with Crippen molar-refractivity contribution < 1.29 is 19.0 Å². The summed E-state index contributed by atoms with van der Waals surface area (Å²) in [6.07, 6.45) is 0. The fourth-order valence-electron chi connectivity index (χ4n) is 1.49. The number of benzene rings is 1. The zero-order chi connectivity index (χ0) is 15.4. The molecular formula is C11H8Cl2FN3O3S. The van der Waals surface area contributed by atoms with E-state index in [0.29, 0.717) is 10.6 Å². The van der Waals surface area contributed by atoms with Gasteiger partial charge in [-0.1, -0.05) is 16.6 Å².